The van der Waals surface area contributed by atoms with Gasteiger partial charge in [0.1, 0.15) is 5.82 Å². The van der Waals surface area contributed by atoms with Crippen molar-refractivity contribution >= 4 is 27.3 Å². The molecule has 3 aromatic rings. The second-order valence-electron chi connectivity index (χ2n) is 4.45. The number of benzene rings is 2. The zero-order valence-electron chi connectivity index (χ0n) is 10.6. The van der Waals surface area contributed by atoms with Gasteiger partial charge in [0.25, 0.3) is 5.91 Å². The van der Waals surface area contributed by atoms with Gasteiger partial charge < -0.3 is 5.32 Å². The Morgan fingerprint density at radius 1 is 1.10 bits per heavy atom. The van der Waals surface area contributed by atoms with E-state index in [1.165, 1.54) is 12.1 Å². The first-order chi connectivity index (χ1) is 9.74. The Hall–Kier alpha value is -2.20. The molecule has 0 saturated carbocycles. The van der Waals surface area contributed by atoms with Gasteiger partial charge in [0, 0.05) is 22.0 Å². The highest BCUT2D eigenvalue weighted by Gasteiger charge is 2.11. The van der Waals surface area contributed by atoms with Crippen LogP contribution in [0.1, 0.15) is 15.9 Å². The maximum atomic E-state index is 12.8. The molecule has 3 rings (SSSR count). The molecule has 0 aliphatic rings. The van der Waals surface area contributed by atoms with Crippen LogP contribution in [0.4, 0.5) is 4.39 Å². The SMILES string of the molecule is O=C(NCc1ccc(F)cc1)c1csc2ccccc12. The van der Waals surface area contributed by atoms with Crippen molar-refractivity contribution in [3.8, 4) is 0 Å². The average molecular weight is 285 g/mol. The van der Waals surface area contributed by atoms with E-state index in [9.17, 15) is 9.18 Å². The van der Waals surface area contributed by atoms with E-state index in [-0.39, 0.29) is 11.7 Å². The lowest BCUT2D eigenvalue weighted by atomic mass is 10.1. The van der Waals surface area contributed by atoms with Crippen LogP contribution < -0.4 is 5.32 Å². The second-order valence-corrected chi connectivity index (χ2v) is 5.37. The normalized spacial score (nSPS) is 10.7. The molecule has 2 aromatic carbocycles. The number of fused-ring (bicyclic) bond motifs is 1. The summed E-state index contributed by atoms with van der Waals surface area (Å²) in [5.74, 6) is -0.379. The average Bonchev–Trinajstić information content (AvgIpc) is 2.90. The van der Waals surface area contributed by atoms with E-state index < -0.39 is 0 Å². The van der Waals surface area contributed by atoms with Crippen molar-refractivity contribution in [3.05, 3.63) is 70.9 Å². The summed E-state index contributed by atoms with van der Waals surface area (Å²) in [5.41, 5.74) is 1.56. The van der Waals surface area contributed by atoms with E-state index in [1.807, 2.05) is 29.6 Å². The van der Waals surface area contributed by atoms with Crippen molar-refractivity contribution in [2.24, 2.45) is 0 Å². The highest BCUT2D eigenvalue weighted by molar-refractivity contribution is 7.17. The topological polar surface area (TPSA) is 29.1 Å². The van der Waals surface area contributed by atoms with Gasteiger partial charge in [0.05, 0.1) is 5.56 Å². The Labute approximate surface area is 119 Å². The van der Waals surface area contributed by atoms with Crippen molar-refractivity contribution in [2.45, 2.75) is 6.54 Å². The smallest absolute Gasteiger partial charge is 0.253 e. The Morgan fingerprint density at radius 3 is 2.65 bits per heavy atom. The fourth-order valence-corrected chi connectivity index (χ4v) is 2.97. The Bertz CT molecular complexity index is 749. The number of nitrogens with one attached hydrogen (secondary N) is 1. The standard InChI is InChI=1S/C16H12FNOS/c17-12-7-5-11(6-8-12)9-18-16(19)14-10-20-15-4-2-1-3-13(14)15/h1-8,10H,9H2,(H,18,19). The third kappa shape index (κ3) is 2.56. The first-order valence-corrected chi connectivity index (χ1v) is 7.11. The summed E-state index contributed by atoms with van der Waals surface area (Å²) in [6.07, 6.45) is 0. The zero-order valence-corrected chi connectivity index (χ0v) is 11.4. The molecule has 0 bridgehead atoms. The van der Waals surface area contributed by atoms with Crippen molar-refractivity contribution in [1.29, 1.82) is 0 Å². The summed E-state index contributed by atoms with van der Waals surface area (Å²) in [6.45, 7) is 0.392. The van der Waals surface area contributed by atoms with Crippen LogP contribution in [-0.2, 0) is 6.54 Å². The molecule has 1 N–H and O–H groups in total. The number of hydrogen-bond acceptors (Lipinski definition) is 2. The van der Waals surface area contributed by atoms with Crippen LogP contribution in [0.15, 0.2) is 53.9 Å². The lowest BCUT2D eigenvalue weighted by molar-refractivity contribution is 0.0953. The van der Waals surface area contributed by atoms with E-state index in [2.05, 4.69) is 5.32 Å². The minimum Gasteiger partial charge on any atom is -0.348 e. The van der Waals surface area contributed by atoms with Gasteiger partial charge in [-0.05, 0) is 23.8 Å². The van der Waals surface area contributed by atoms with Gasteiger partial charge in [-0.1, -0.05) is 30.3 Å². The molecular formula is C16H12FNOS. The van der Waals surface area contributed by atoms with E-state index >= 15 is 0 Å². The molecule has 0 unspecified atom stereocenters. The third-order valence-electron chi connectivity index (χ3n) is 3.09. The van der Waals surface area contributed by atoms with Crippen LogP contribution in [0.25, 0.3) is 10.1 Å². The molecule has 0 radical (unpaired) electrons. The molecule has 1 amide bonds. The summed E-state index contributed by atoms with van der Waals surface area (Å²) in [6, 6.07) is 13.9. The molecule has 1 heterocycles. The molecule has 2 nitrogen and oxygen atoms in total. The van der Waals surface area contributed by atoms with Crippen LogP contribution in [-0.4, -0.2) is 5.91 Å². The molecule has 20 heavy (non-hydrogen) atoms. The van der Waals surface area contributed by atoms with Gasteiger partial charge >= 0.3 is 0 Å². The fourth-order valence-electron chi connectivity index (χ4n) is 2.03. The summed E-state index contributed by atoms with van der Waals surface area (Å²) in [5, 5.41) is 5.69. The predicted molar refractivity (Wildman–Crippen MR) is 79.4 cm³/mol. The van der Waals surface area contributed by atoms with E-state index in [1.54, 1.807) is 23.5 Å². The number of carbonyl (C=O) groups excluding carboxylic acids is 1. The van der Waals surface area contributed by atoms with E-state index in [0.717, 1.165) is 15.6 Å². The Kier molecular flexibility index (Phi) is 3.48. The molecule has 0 spiro atoms. The summed E-state index contributed by atoms with van der Waals surface area (Å²) in [7, 11) is 0. The molecule has 0 saturated heterocycles. The van der Waals surface area contributed by atoms with Crippen LogP contribution in [0.2, 0.25) is 0 Å². The number of carbonyl (C=O) groups is 1. The quantitative estimate of drug-likeness (QED) is 0.775. The first-order valence-electron chi connectivity index (χ1n) is 6.23. The highest BCUT2D eigenvalue weighted by Crippen LogP contribution is 2.25. The van der Waals surface area contributed by atoms with Gasteiger partial charge in [0.15, 0.2) is 0 Å². The predicted octanol–water partition coefficient (Wildman–Crippen LogP) is 3.97. The van der Waals surface area contributed by atoms with Crippen LogP contribution in [0.3, 0.4) is 0 Å². The number of rotatable bonds is 3. The molecule has 100 valence electrons. The van der Waals surface area contributed by atoms with Gasteiger partial charge in [-0.25, -0.2) is 4.39 Å². The fraction of sp³-hybridized carbons (Fsp3) is 0.0625. The molecule has 0 aliphatic carbocycles. The molecule has 0 fully saturated rings. The molecule has 4 heteroatoms. The van der Waals surface area contributed by atoms with E-state index in [4.69, 9.17) is 0 Å². The first kappa shape index (κ1) is 12.8. The van der Waals surface area contributed by atoms with Gasteiger partial charge in [-0.15, -0.1) is 11.3 Å². The maximum Gasteiger partial charge on any atom is 0.253 e. The largest absolute Gasteiger partial charge is 0.348 e. The van der Waals surface area contributed by atoms with Crippen molar-refractivity contribution in [2.75, 3.05) is 0 Å². The Balaban J connectivity index is 1.75. The van der Waals surface area contributed by atoms with Gasteiger partial charge in [-0.2, -0.15) is 0 Å². The van der Waals surface area contributed by atoms with Crippen molar-refractivity contribution in [3.63, 3.8) is 0 Å². The summed E-state index contributed by atoms with van der Waals surface area (Å²) in [4.78, 5) is 12.2. The molecule has 0 aliphatic heterocycles. The minimum atomic E-state index is -0.274. The summed E-state index contributed by atoms with van der Waals surface area (Å²) >= 11 is 1.56. The lowest BCUT2D eigenvalue weighted by Gasteiger charge is -2.04. The van der Waals surface area contributed by atoms with E-state index in [0.29, 0.717) is 12.1 Å². The minimum absolute atomic E-state index is 0.105. The van der Waals surface area contributed by atoms with Crippen LogP contribution in [0.5, 0.6) is 0 Å². The third-order valence-corrected chi connectivity index (χ3v) is 4.06. The molecule has 1 aromatic heterocycles. The van der Waals surface area contributed by atoms with Crippen molar-refractivity contribution < 1.29 is 9.18 Å². The number of hydrogen-bond donors (Lipinski definition) is 1. The number of amides is 1. The second kappa shape index (κ2) is 5.43. The van der Waals surface area contributed by atoms with Crippen molar-refractivity contribution in [1.82, 2.24) is 5.32 Å². The van der Waals surface area contributed by atoms with Crippen LogP contribution >= 0.6 is 11.3 Å². The maximum absolute atomic E-state index is 12.8. The zero-order chi connectivity index (χ0) is 13.9. The Morgan fingerprint density at radius 2 is 1.85 bits per heavy atom. The van der Waals surface area contributed by atoms with Gasteiger partial charge in [-0.3, -0.25) is 4.79 Å². The lowest BCUT2D eigenvalue weighted by Crippen LogP contribution is -2.22. The van der Waals surface area contributed by atoms with Gasteiger partial charge in [0.2, 0.25) is 0 Å². The number of thiophene rings is 1. The monoisotopic (exact) mass is 285 g/mol. The molecular weight excluding hydrogens is 273 g/mol. The molecule has 0 atom stereocenters. The van der Waals surface area contributed by atoms with Crippen LogP contribution in [0, 0.1) is 5.82 Å². The highest BCUT2D eigenvalue weighted by atomic mass is 32.1. The number of halogens is 1. The summed E-state index contributed by atoms with van der Waals surface area (Å²) < 4.78 is 13.9.